The van der Waals surface area contributed by atoms with Gasteiger partial charge in [0.05, 0.1) is 24.6 Å². The monoisotopic (exact) mass is 511 g/mol. The topological polar surface area (TPSA) is 76.1 Å². The number of thiophene rings is 1. The van der Waals surface area contributed by atoms with E-state index in [2.05, 4.69) is 39.3 Å². The number of methoxy groups -OCH3 is 1. The number of aromatic nitrogens is 3. The lowest BCUT2D eigenvalue weighted by atomic mass is 9.92. The van der Waals surface area contributed by atoms with E-state index >= 15 is 0 Å². The third-order valence-electron chi connectivity index (χ3n) is 7.90. The van der Waals surface area contributed by atoms with Gasteiger partial charge in [-0.25, -0.2) is 0 Å². The predicted molar refractivity (Wildman–Crippen MR) is 145 cm³/mol. The van der Waals surface area contributed by atoms with Crippen LogP contribution < -0.4 is 4.74 Å². The molecule has 0 N–H and O–H groups in total. The Bertz CT molecular complexity index is 1540. The molecule has 7 nitrogen and oxygen atoms in total. The van der Waals surface area contributed by atoms with Crippen LogP contribution in [0.4, 0.5) is 0 Å². The largest absolute Gasteiger partial charge is 0.496 e. The Morgan fingerprint density at radius 1 is 1.22 bits per heavy atom. The number of nitriles is 1. The van der Waals surface area contributed by atoms with Crippen LogP contribution in [-0.2, 0) is 20.0 Å². The van der Waals surface area contributed by atoms with Crippen molar-refractivity contribution >= 4 is 17.2 Å². The van der Waals surface area contributed by atoms with Gasteiger partial charge in [0, 0.05) is 47.9 Å². The Labute approximate surface area is 220 Å². The molecule has 2 aliphatic heterocycles. The van der Waals surface area contributed by atoms with Crippen LogP contribution in [0.5, 0.6) is 5.75 Å². The molecule has 37 heavy (non-hydrogen) atoms. The summed E-state index contributed by atoms with van der Waals surface area (Å²) in [6.07, 6.45) is 4.94. The van der Waals surface area contributed by atoms with Crippen molar-refractivity contribution in [2.75, 3.05) is 13.7 Å². The first kappa shape index (κ1) is 23.6. The van der Waals surface area contributed by atoms with E-state index in [1.165, 1.54) is 5.56 Å². The molecule has 0 radical (unpaired) electrons. The molecule has 3 aromatic heterocycles. The second kappa shape index (κ2) is 8.93. The summed E-state index contributed by atoms with van der Waals surface area (Å²) in [5.41, 5.74) is 6.10. The van der Waals surface area contributed by atoms with Gasteiger partial charge in [-0.15, -0.1) is 11.3 Å². The third-order valence-corrected chi connectivity index (χ3v) is 8.81. The first-order chi connectivity index (χ1) is 18.0. The Balaban J connectivity index is 1.56. The lowest BCUT2D eigenvalue weighted by Gasteiger charge is -2.32. The van der Waals surface area contributed by atoms with Gasteiger partial charge < -0.3 is 14.2 Å². The van der Waals surface area contributed by atoms with Gasteiger partial charge in [-0.2, -0.15) is 10.4 Å². The molecule has 8 heteroatoms. The minimum Gasteiger partial charge on any atom is -0.496 e. The summed E-state index contributed by atoms with van der Waals surface area (Å²) in [6.45, 7) is 3.31. The maximum absolute atomic E-state index is 14.1. The number of ether oxygens (including phenoxy) is 1. The van der Waals surface area contributed by atoms with E-state index in [4.69, 9.17) is 4.74 Å². The highest BCUT2D eigenvalue weighted by Crippen LogP contribution is 2.46. The van der Waals surface area contributed by atoms with Gasteiger partial charge in [-0.3, -0.25) is 9.48 Å². The van der Waals surface area contributed by atoms with Crippen molar-refractivity contribution in [2.24, 2.45) is 7.05 Å². The first-order valence-corrected chi connectivity index (χ1v) is 13.6. The van der Waals surface area contributed by atoms with Gasteiger partial charge in [0.1, 0.15) is 17.0 Å². The van der Waals surface area contributed by atoms with E-state index in [0.717, 1.165) is 58.0 Å². The van der Waals surface area contributed by atoms with Crippen molar-refractivity contribution in [3.8, 4) is 44.8 Å². The highest BCUT2D eigenvalue weighted by atomic mass is 32.1. The fraction of sp³-hybridized carbons (Fsp3) is 0.345. The highest BCUT2D eigenvalue weighted by Gasteiger charge is 2.44. The quantitative estimate of drug-likeness (QED) is 0.342. The number of aryl methyl sites for hydroxylation is 2. The van der Waals surface area contributed by atoms with E-state index in [-0.39, 0.29) is 5.91 Å². The minimum absolute atomic E-state index is 0.0492. The molecule has 4 aromatic rings. The summed E-state index contributed by atoms with van der Waals surface area (Å²) >= 11 is 1.67. The number of fused-ring (bicyclic) bond motifs is 3. The molecule has 0 spiro atoms. The summed E-state index contributed by atoms with van der Waals surface area (Å²) in [6, 6.07) is 14.9. The number of hydrogen-bond donors (Lipinski definition) is 0. The molecular weight excluding hydrogens is 482 g/mol. The zero-order valence-electron chi connectivity index (χ0n) is 21.3. The van der Waals surface area contributed by atoms with E-state index in [9.17, 15) is 10.1 Å². The number of carbonyl (C=O) groups excluding carboxylic acids is 1. The molecule has 0 saturated carbocycles. The van der Waals surface area contributed by atoms with Gasteiger partial charge in [0.25, 0.3) is 5.91 Å². The van der Waals surface area contributed by atoms with Crippen molar-refractivity contribution in [3.63, 3.8) is 0 Å². The molecule has 1 amide bonds. The molecule has 2 aliphatic rings. The molecule has 188 valence electrons. The lowest BCUT2D eigenvalue weighted by Crippen LogP contribution is -2.46. The molecule has 1 aromatic carbocycles. The average molecular weight is 512 g/mol. The third kappa shape index (κ3) is 3.60. The summed E-state index contributed by atoms with van der Waals surface area (Å²) in [5.74, 6) is 0.747. The smallest absolute Gasteiger partial charge is 0.271 e. The van der Waals surface area contributed by atoms with E-state index in [1.54, 1.807) is 23.1 Å². The number of amides is 1. The van der Waals surface area contributed by atoms with Gasteiger partial charge in [0.15, 0.2) is 0 Å². The van der Waals surface area contributed by atoms with Crippen LogP contribution in [0.15, 0.2) is 48.0 Å². The van der Waals surface area contributed by atoms with Crippen LogP contribution in [0.2, 0.25) is 0 Å². The first-order valence-electron chi connectivity index (χ1n) is 12.7. The summed E-state index contributed by atoms with van der Waals surface area (Å²) in [4.78, 5) is 17.0. The highest BCUT2D eigenvalue weighted by molar-refractivity contribution is 7.13. The van der Waals surface area contributed by atoms with Crippen LogP contribution in [0, 0.1) is 11.3 Å². The number of hydrogen-bond acceptors (Lipinski definition) is 5. The molecule has 6 rings (SSSR count). The maximum atomic E-state index is 14.1. The fourth-order valence-electron chi connectivity index (χ4n) is 5.95. The number of rotatable bonds is 5. The van der Waals surface area contributed by atoms with Crippen molar-refractivity contribution in [1.82, 2.24) is 19.2 Å². The Hall–Kier alpha value is -3.83. The minimum atomic E-state index is -0.725. The van der Waals surface area contributed by atoms with Gasteiger partial charge >= 0.3 is 0 Å². The summed E-state index contributed by atoms with van der Waals surface area (Å²) in [7, 11) is 3.60. The average Bonchev–Trinajstić information content (AvgIpc) is 3.72. The summed E-state index contributed by atoms with van der Waals surface area (Å²) in [5, 5.41) is 16.7. The van der Waals surface area contributed by atoms with Gasteiger partial charge in [0.2, 0.25) is 0 Å². The Morgan fingerprint density at radius 3 is 2.76 bits per heavy atom. The number of likely N-dealkylation sites (tertiary alicyclic amines) is 1. The lowest BCUT2D eigenvalue weighted by molar-refractivity contribution is 0.0657. The summed E-state index contributed by atoms with van der Waals surface area (Å²) < 4.78 is 9.74. The zero-order chi connectivity index (χ0) is 25.7. The van der Waals surface area contributed by atoms with Crippen LogP contribution in [0.25, 0.3) is 33.0 Å². The number of carbonyl (C=O) groups is 1. The van der Waals surface area contributed by atoms with Crippen LogP contribution in [-0.4, -0.2) is 44.3 Å². The molecule has 1 atom stereocenters. The van der Waals surface area contributed by atoms with Crippen LogP contribution >= 0.6 is 11.3 Å². The SMILES string of the molecule is CC[C@]1(C#N)CCCN1C(=O)c1cc(-c2cccs2)c2n1CCc1cc(OC)c(-c3ccn(C)n3)cc1-2. The molecule has 1 fully saturated rings. The molecule has 5 heterocycles. The molecule has 0 bridgehead atoms. The zero-order valence-corrected chi connectivity index (χ0v) is 22.1. The second-order valence-corrected chi connectivity index (χ2v) is 10.8. The van der Waals surface area contributed by atoms with E-state index in [1.807, 2.05) is 43.3 Å². The van der Waals surface area contributed by atoms with E-state index in [0.29, 0.717) is 25.2 Å². The van der Waals surface area contributed by atoms with Crippen molar-refractivity contribution in [2.45, 2.75) is 44.7 Å². The molecule has 0 aliphatic carbocycles. The predicted octanol–water partition coefficient (Wildman–Crippen LogP) is 5.76. The molecule has 1 saturated heterocycles. The standard InChI is InChI=1S/C29H29N5O2S/c1-4-29(18-30)10-6-11-34(29)28(35)24-17-22(26-7-5-14-37-26)27-20-16-21(23-9-12-32(2)31-23)25(36-3)15-19(20)8-13-33(24)27/h5,7,9,12,14-17H,4,6,8,10-11,13H2,1-3H3/t29-/m1/s1. The van der Waals surface area contributed by atoms with Crippen LogP contribution in [0.3, 0.4) is 0 Å². The van der Waals surface area contributed by atoms with Crippen LogP contribution in [0.1, 0.15) is 42.2 Å². The van der Waals surface area contributed by atoms with Gasteiger partial charge in [-0.05, 0) is 67.0 Å². The molecular formula is C29H29N5O2S. The Morgan fingerprint density at radius 2 is 2.08 bits per heavy atom. The number of nitrogens with zero attached hydrogens (tertiary/aromatic N) is 5. The van der Waals surface area contributed by atoms with E-state index < -0.39 is 5.54 Å². The van der Waals surface area contributed by atoms with Gasteiger partial charge in [-0.1, -0.05) is 13.0 Å². The van der Waals surface area contributed by atoms with Crippen molar-refractivity contribution < 1.29 is 9.53 Å². The van der Waals surface area contributed by atoms with Crippen molar-refractivity contribution in [3.05, 3.63) is 59.2 Å². The second-order valence-electron chi connectivity index (χ2n) is 9.81. The normalized spacial score (nSPS) is 18.4. The number of benzene rings is 1. The fourth-order valence-corrected chi connectivity index (χ4v) is 6.70. The molecule has 0 unspecified atom stereocenters. The Kier molecular flexibility index (Phi) is 5.68. The van der Waals surface area contributed by atoms with Crippen molar-refractivity contribution in [1.29, 1.82) is 5.26 Å². The maximum Gasteiger partial charge on any atom is 0.271 e.